The number of amides is 1. The molecule has 3 N–H and O–H groups in total. The fourth-order valence-corrected chi connectivity index (χ4v) is 3.17. The Hall–Kier alpha value is -3.28. The summed E-state index contributed by atoms with van der Waals surface area (Å²) in [6.45, 7) is 2.70. The van der Waals surface area contributed by atoms with Crippen LogP contribution in [0.15, 0.2) is 53.3 Å². The Kier molecular flexibility index (Phi) is 4.31. The number of H-pyrrole nitrogens is 2. The third-order valence-corrected chi connectivity index (χ3v) is 4.55. The van der Waals surface area contributed by atoms with E-state index in [1.807, 2.05) is 12.3 Å². The maximum atomic E-state index is 12.3. The number of benzene rings is 1. The van der Waals surface area contributed by atoms with Gasteiger partial charge in [0.2, 0.25) is 0 Å². The summed E-state index contributed by atoms with van der Waals surface area (Å²) in [5.41, 5.74) is 4.73. The first-order valence-corrected chi connectivity index (χ1v) is 8.71. The number of fused-ring (bicyclic) bond motifs is 1. The summed E-state index contributed by atoms with van der Waals surface area (Å²) in [7, 11) is 0. The molecule has 3 aromatic heterocycles. The molecule has 4 aromatic rings. The monoisotopic (exact) mass is 348 g/mol. The van der Waals surface area contributed by atoms with Crippen molar-refractivity contribution in [3.05, 3.63) is 65.7 Å². The second-order valence-electron chi connectivity index (χ2n) is 6.16. The molecule has 3 heterocycles. The highest BCUT2D eigenvalue weighted by Crippen LogP contribution is 2.22. The molecule has 0 radical (unpaired) electrons. The van der Waals surface area contributed by atoms with Gasteiger partial charge in [0.15, 0.2) is 11.5 Å². The van der Waals surface area contributed by atoms with Crippen LogP contribution in [0.25, 0.3) is 22.4 Å². The average molecular weight is 348 g/mol. The van der Waals surface area contributed by atoms with Gasteiger partial charge in [0.1, 0.15) is 5.69 Å². The SMILES string of the molecule is CCc1cccc2c(CCNC(=O)c3cc(-c4ccco4)[nH]n3)c[nH]c12. The largest absolute Gasteiger partial charge is 0.463 e. The van der Waals surface area contributed by atoms with Crippen molar-refractivity contribution < 1.29 is 9.21 Å². The number of aryl methyl sites for hydroxylation is 1. The van der Waals surface area contributed by atoms with Gasteiger partial charge in [-0.3, -0.25) is 9.89 Å². The standard InChI is InChI=1S/C20H20N4O2/c1-2-13-5-3-6-15-14(12-22-19(13)15)8-9-21-20(25)17-11-16(23-24-17)18-7-4-10-26-18/h3-7,10-12,22H,2,8-9H2,1H3,(H,21,25)(H,23,24). The highest BCUT2D eigenvalue weighted by atomic mass is 16.3. The average Bonchev–Trinajstić information content (AvgIpc) is 3.41. The van der Waals surface area contributed by atoms with E-state index in [1.165, 1.54) is 22.0 Å². The lowest BCUT2D eigenvalue weighted by atomic mass is 10.1. The molecule has 132 valence electrons. The molecular weight excluding hydrogens is 328 g/mol. The number of para-hydroxylation sites is 1. The number of aromatic nitrogens is 3. The van der Waals surface area contributed by atoms with E-state index < -0.39 is 0 Å². The van der Waals surface area contributed by atoms with E-state index >= 15 is 0 Å². The van der Waals surface area contributed by atoms with Crippen molar-refractivity contribution in [1.29, 1.82) is 0 Å². The third-order valence-electron chi connectivity index (χ3n) is 4.55. The second kappa shape index (κ2) is 6.92. The van der Waals surface area contributed by atoms with Crippen molar-refractivity contribution in [2.45, 2.75) is 19.8 Å². The van der Waals surface area contributed by atoms with Gasteiger partial charge >= 0.3 is 0 Å². The van der Waals surface area contributed by atoms with Gasteiger partial charge in [-0.2, -0.15) is 5.10 Å². The van der Waals surface area contributed by atoms with Crippen molar-refractivity contribution in [1.82, 2.24) is 20.5 Å². The summed E-state index contributed by atoms with van der Waals surface area (Å²) in [5, 5.41) is 11.0. The Balaban J connectivity index is 1.40. The van der Waals surface area contributed by atoms with Gasteiger partial charge in [-0.15, -0.1) is 0 Å². The predicted octanol–water partition coefficient (Wildman–Crippen LogP) is 3.69. The van der Waals surface area contributed by atoms with Crippen molar-refractivity contribution in [2.75, 3.05) is 6.54 Å². The van der Waals surface area contributed by atoms with E-state index in [1.54, 1.807) is 18.4 Å². The molecule has 0 aliphatic heterocycles. The van der Waals surface area contributed by atoms with Crippen LogP contribution in [0.3, 0.4) is 0 Å². The molecule has 0 saturated carbocycles. The summed E-state index contributed by atoms with van der Waals surface area (Å²) in [6.07, 6.45) is 5.36. The summed E-state index contributed by atoms with van der Waals surface area (Å²) in [4.78, 5) is 15.6. The van der Waals surface area contributed by atoms with E-state index in [-0.39, 0.29) is 5.91 Å². The van der Waals surface area contributed by atoms with Gasteiger partial charge in [0.25, 0.3) is 5.91 Å². The maximum Gasteiger partial charge on any atom is 0.271 e. The minimum absolute atomic E-state index is 0.201. The molecule has 0 bridgehead atoms. The van der Waals surface area contributed by atoms with Gasteiger partial charge in [-0.05, 0) is 36.1 Å². The van der Waals surface area contributed by atoms with Crippen LogP contribution in [0, 0.1) is 0 Å². The van der Waals surface area contributed by atoms with Gasteiger partial charge < -0.3 is 14.7 Å². The van der Waals surface area contributed by atoms with Gasteiger partial charge in [-0.1, -0.05) is 25.1 Å². The number of carbonyl (C=O) groups is 1. The third kappa shape index (κ3) is 3.01. The summed E-state index contributed by atoms with van der Waals surface area (Å²) in [5.74, 6) is 0.454. The lowest BCUT2D eigenvalue weighted by Gasteiger charge is -2.03. The fourth-order valence-electron chi connectivity index (χ4n) is 3.17. The Bertz CT molecular complexity index is 1030. The Labute approximate surface area is 150 Å². The van der Waals surface area contributed by atoms with E-state index in [0.717, 1.165) is 12.8 Å². The zero-order valence-corrected chi connectivity index (χ0v) is 14.5. The van der Waals surface area contributed by atoms with Crippen LogP contribution in [-0.4, -0.2) is 27.6 Å². The molecule has 1 aromatic carbocycles. The molecule has 26 heavy (non-hydrogen) atoms. The first-order chi connectivity index (χ1) is 12.8. The van der Waals surface area contributed by atoms with E-state index in [0.29, 0.717) is 23.7 Å². The maximum absolute atomic E-state index is 12.3. The highest BCUT2D eigenvalue weighted by Gasteiger charge is 2.13. The minimum Gasteiger partial charge on any atom is -0.463 e. The molecule has 0 aliphatic carbocycles. The molecule has 0 fully saturated rings. The first kappa shape index (κ1) is 16.2. The van der Waals surface area contributed by atoms with E-state index in [9.17, 15) is 4.79 Å². The Morgan fingerprint density at radius 3 is 2.96 bits per heavy atom. The molecule has 0 unspecified atom stereocenters. The number of hydrogen-bond donors (Lipinski definition) is 3. The molecular formula is C20H20N4O2. The molecule has 6 nitrogen and oxygen atoms in total. The van der Waals surface area contributed by atoms with Crippen LogP contribution in [0.1, 0.15) is 28.5 Å². The quantitative estimate of drug-likeness (QED) is 0.497. The Morgan fingerprint density at radius 1 is 1.23 bits per heavy atom. The van der Waals surface area contributed by atoms with E-state index in [2.05, 4.69) is 45.6 Å². The number of rotatable bonds is 6. The predicted molar refractivity (Wildman–Crippen MR) is 100 cm³/mol. The van der Waals surface area contributed by atoms with Crippen LogP contribution in [0.2, 0.25) is 0 Å². The van der Waals surface area contributed by atoms with Crippen molar-refractivity contribution in [3.63, 3.8) is 0 Å². The van der Waals surface area contributed by atoms with Crippen molar-refractivity contribution in [3.8, 4) is 11.5 Å². The molecule has 0 atom stereocenters. The molecule has 0 aliphatic rings. The van der Waals surface area contributed by atoms with Crippen LogP contribution in [0.5, 0.6) is 0 Å². The molecule has 6 heteroatoms. The lowest BCUT2D eigenvalue weighted by Crippen LogP contribution is -2.25. The van der Waals surface area contributed by atoms with E-state index in [4.69, 9.17) is 4.42 Å². The van der Waals surface area contributed by atoms with Gasteiger partial charge in [-0.25, -0.2) is 0 Å². The zero-order chi connectivity index (χ0) is 17.9. The molecule has 4 rings (SSSR count). The van der Waals surface area contributed by atoms with Crippen LogP contribution in [-0.2, 0) is 12.8 Å². The topological polar surface area (TPSA) is 86.7 Å². The second-order valence-corrected chi connectivity index (χ2v) is 6.16. The summed E-state index contributed by atoms with van der Waals surface area (Å²) >= 11 is 0. The number of furan rings is 1. The van der Waals surface area contributed by atoms with Crippen molar-refractivity contribution >= 4 is 16.8 Å². The molecule has 0 saturated heterocycles. The molecule has 1 amide bonds. The smallest absolute Gasteiger partial charge is 0.271 e. The summed E-state index contributed by atoms with van der Waals surface area (Å²) < 4.78 is 5.30. The fraction of sp³-hybridized carbons (Fsp3) is 0.200. The number of hydrogen-bond acceptors (Lipinski definition) is 3. The summed E-state index contributed by atoms with van der Waals surface area (Å²) in [6, 6.07) is 11.6. The van der Waals surface area contributed by atoms with Crippen LogP contribution < -0.4 is 5.32 Å². The minimum atomic E-state index is -0.201. The van der Waals surface area contributed by atoms with Crippen LogP contribution >= 0.6 is 0 Å². The zero-order valence-electron chi connectivity index (χ0n) is 14.5. The number of aromatic amines is 2. The number of carbonyl (C=O) groups excluding carboxylic acids is 1. The number of nitrogens with one attached hydrogen (secondary N) is 3. The molecule has 0 spiro atoms. The Morgan fingerprint density at radius 2 is 2.15 bits per heavy atom. The van der Waals surface area contributed by atoms with Gasteiger partial charge in [0.05, 0.1) is 6.26 Å². The normalized spacial score (nSPS) is 11.1. The highest BCUT2D eigenvalue weighted by molar-refractivity contribution is 5.93. The lowest BCUT2D eigenvalue weighted by molar-refractivity contribution is 0.0949. The van der Waals surface area contributed by atoms with Crippen molar-refractivity contribution in [2.24, 2.45) is 0 Å². The number of nitrogens with zero attached hydrogens (tertiary/aromatic N) is 1. The van der Waals surface area contributed by atoms with Gasteiger partial charge in [0, 0.05) is 29.7 Å². The van der Waals surface area contributed by atoms with Crippen LogP contribution in [0.4, 0.5) is 0 Å². The first-order valence-electron chi connectivity index (χ1n) is 8.71.